The number of benzene rings is 3. The quantitative estimate of drug-likeness (QED) is 0.272. The number of hydrogen-bond acceptors (Lipinski definition) is 3. The molecule has 0 aliphatic heterocycles. The van der Waals surface area contributed by atoms with Gasteiger partial charge in [0.2, 0.25) is 11.8 Å². The van der Waals surface area contributed by atoms with Crippen molar-refractivity contribution in [3.8, 4) is 0 Å². The number of nitrogens with one attached hydrogen (secondary N) is 3. The number of amides is 3. The van der Waals surface area contributed by atoms with Gasteiger partial charge in [-0.2, -0.15) is 0 Å². The van der Waals surface area contributed by atoms with E-state index < -0.39 is 50.2 Å². The van der Waals surface area contributed by atoms with Gasteiger partial charge in [0, 0.05) is 29.9 Å². The number of hydrogen-bond donors (Lipinski definition) is 3. The molecule has 2 unspecified atom stereocenters. The van der Waals surface area contributed by atoms with Crippen LogP contribution in [-0.2, 0) is 9.59 Å². The van der Waals surface area contributed by atoms with Crippen molar-refractivity contribution in [1.82, 2.24) is 0 Å². The van der Waals surface area contributed by atoms with E-state index in [4.69, 9.17) is 46.4 Å². The van der Waals surface area contributed by atoms with Crippen molar-refractivity contribution in [3.63, 3.8) is 0 Å². The molecule has 0 heterocycles. The average Bonchev–Trinajstić information content (AvgIpc) is 3.40. The molecule has 0 aromatic heterocycles. The van der Waals surface area contributed by atoms with Gasteiger partial charge in [-0.3, -0.25) is 14.4 Å². The largest absolute Gasteiger partial charge is 0.326 e. The zero-order chi connectivity index (χ0) is 27.1. The molecule has 37 heavy (non-hydrogen) atoms. The van der Waals surface area contributed by atoms with Crippen LogP contribution in [0.15, 0.2) is 54.6 Å². The molecule has 0 spiro atoms. The number of carbonyl (C=O) groups is 3. The summed E-state index contributed by atoms with van der Waals surface area (Å²) >= 11 is 24.5. The smallest absolute Gasteiger partial charge is 0.258 e. The van der Waals surface area contributed by atoms with Gasteiger partial charge in [0.05, 0.1) is 21.5 Å². The van der Waals surface area contributed by atoms with E-state index in [0.717, 1.165) is 18.2 Å². The van der Waals surface area contributed by atoms with Crippen LogP contribution in [0.1, 0.15) is 28.8 Å². The van der Waals surface area contributed by atoms with Gasteiger partial charge in [-0.25, -0.2) is 8.78 Å². The first-order chi connectivity index (χ1) is 17.4. The summed E-state index contributed by atoms with van der Waals surface area (Å²) in [7, 11) is 0. The highest BCUT2D eigenvalue weighted by atomic mass is 35.5. The lowest BCUT2D eigenvalue weighted by atomic mass is 10.1. The number of halogens is 6. The monoisotopic (exact) mass is 585 g/mol. The Morgan fingerprint density at radius 2 is 1.43 bits per heavy atom. The molecule has 6 nitrogen and oxygen atoms in total. The van der Waals surface area contributed by atoms with Crippen LogP contribution in [0.4, 0.5) is 25.8 Å². The molecule has 4 rings (SSSR count). The van der Waals surface area contributed by atoms with Gasteiger partial charge in [0.15, 0.2) is 5.82 Å². The lowest BCUT2D eigenvalue weighted by Gasteiger charge is -2.11. The molecule has 1 aliphatic carbocycles. The van der Waals surface area contributed by atoms with Crippen LogP contribution in [0.3, 0.4) is 0 Å². The molecule has 3 N–H and O–H groups in total. The number of anilines is 3. The summed E-state index contributed by atoms with van der Waals surface area (Å²) in [5.41, 5.74) is 0.930. The van der Waals surface area contributed by atoms with E-state index in [2.05, 4.69) is 16.0 Å². The van der Waals surface area contributed by atoms with Crippen molar-refractivity contribution >= 4 is 81.2 Å². The second-order valence-corrected chi connectivity index (χ2v) is 10.6. The molecule has 3 amide bonds. The molecular formula is C25H17Cl4F2N3O3. The Kier molecular flexibility index (Phi) is 7.67. The maximum Gasteiger partial charge on any atom is 0.258 e. The molecule has 0 bridgehead atoms. The highest BCUT2D eigenvalue weighted by molar-refractivity contribution is 6.53. The maximum absolute atomic E-state index is 14.7. The second kappa shape index (κ2) is 10.5. The van der Waals surface area contributed by atoms with Crippen LogP contribution in [0.25, 0.3) is 0 Å². The standard InChI is InChI=1S/C25H17Cl4F2N3O3/c1-11(35)32-13-3-5-14(6-4-13)33-23(36)16-9-15(10-18(27)22(16)31)34-24(37)21-20(25(21,28)29)12-2-7-19(30)17(26)8-12/h2-10,20-21H,1H3,(H,32,35)(H,33,36)(H,34,37). The van der Waals surface area contributed by atoms with Crippen LogP contribution in [0.2, 0.25) is 10.0 Å². The van der Waals surface area contributed by atoms with Crippen molar-refractivity contribution in [1.29, 1.82) is 0 Å². The van der Waals surface area contributed by atoms with Gasteiger partial charge >= 0.3 is 0 Å². The molecule has 0 radical (unpaired) electrons. The van der Waals surface area contributed by atoms with E-state index in [1.165, 1.54) is 31.2 Å². The fourth-order valence-corrected chi connectivity index (χ4v) is 5.10. The predicted molar refractivity (Wildman–Crippen MR) is 141 cm³/mol. The van der Waals surface area contributed by atoms with Gasteiger partial charge in [-0.1, -0.05) is 29.3 Å². The van der Waals surface area contributed by atoms with Crippen LogP contribution in [-0.4, -0.2) is 22.1 Å². The fourth-order valence-electron chi connectivity index (χ4n) is 3.86. The van der Waals surface area contributed by atoms with Crippen molar-refractivity contribution < 1.29 is 23.2 Å². The molecule has 3 aromatic carbocycles. The Balaban J connectivity index is 1.50. The van der Waals surface area contributed by atoms with Gasteiger partial charge in [-0.05, 0) is 54.1 Å². The molecule has 2 atom stereocenters. The van der Waals surface area contributed by atoms with Crippen molar-refractivity contribution in [2.24, 2.45) is 5.92 Å². The van der Waals surface area contributed by atoms with Crippen LogP contribution < -0.4 is 16.0 Å². The summed E-state index contributed by atoms with van der Waals surface area (Å²) in [6.07, 6.45) is 0. The SMILES string of the molecule is CC(=O)Nc1ccc(NC(=O)c2cc(NC(=O)C3C(c4ccc(F)c(Cl)c4)C3(Cl)Cl)cc(Cl)c2F)cc1. The maximum atomic E-state index is 14.7. The Bertz CT molecular complexity index is 1420. The Morgan fingerprint density at radius 3 is 2.03 bits per heavy atom. The van der Waals surface area contributed by atoms with Crippen LogP contribution >= 0.6 is 46.4 Å². The summed E-state index contributed by atoms with van der Waals surface area (Å²) < 4.78 is 26.7. The molecule has 192 valence electrons. The molecule has 1 fully saturated rings. The summed E-state index contributed by atoms with van der Waals surface area (Å²) in [5, 5.41) is 7.13. The molecule has 12 heteroatoms. The minimum absolute atomic E-state index is 0.0366. The van der Waals surface area contributed by atoms with Crippen LogP contribution in [0.5, 0.6) is 0 Å². The van der Waals surface area contributed by atoms with E-state index in [9.17, 15) is 23.2 Å². The van der Waals surface area contributed by atoms with Crippen LogP contribution in [0, 0.1) is 17.6 Å². The van der Waals surface area contributed by atoms with Gasteiger partial charge in [0.25, 0.3) is 5.91 Å². The minimum atomic E-state index is -1.49. The van der Waals surface area contributed by atoms with Crippen molar-refractivity contribution in [3.05, 3.63) is 87.4 Å². The predicted octanol–water partition coefficient (Wildman–Crippen LogP) is 7.01. The Hall–Kier alpha value is -2.91. The lowest BCUT2D eigenvalue weighted by molar-refractivity contribution is -0.117. The number of carbonyl (C=O) groups excluding carboxylic acids is 3. The third-order valence-electron chi connectivity index (χ3n) is 5.64. The van der Waals surface area contributed by atoms with E-state index >= 15 is 0 Å². The molecule has 1 saturated carbocycles. The van der Waals surface area contributed by atoms with Gasteiger partial charge < -0.3 is 16.0 Å². The normalized spacial score (nSPS) is 17.6. The lowest BCUT2D eigenvalue weighted by Crippen LogP contribution is -2.19. The summed E-state index contributed by atoms with van der Waals surface area (Å²) in [6, 6.07) is 12.3. The van der Waals surface area contributed by atoms with Crippen molar-refractivity contribution in [2.75, 3.05) is 16.0 Å². The Labute approximate surface area is 230 Å². The molecule has 0 saturated heterocycles. The first kappa shape index (κ1) is 27.1. The zero-order valence-corrected chi connectivity index (χ0v) is 21.9. The number of rotatable bonds is 6. The molecular weight excluding hydrogens is 570 g/mol. The molecule has 1 aliphatic rings. The van der Waals surface area contributed by atoms with E-state index in [1.807, 2.05) is 0 Å². The summed E-state index contributed by atoms with van der Waals surface area (Å²) in [4.78, 5) is 36.8. The first-order valence-electron chi connectivity index (χ1n) is 10.7. The van der Waals surface area contributed by atoms with Gasteiger partial charge in [0.1, 0.15) is 10.2 Å². The van der Waals surface area contributed by atoms with E-state index in [1.54, 1.807) is 12.1 Å². The third kappa shape index (κ3) is 5.83. The minimum Gasteiger partial charge on any atom is -0.326 e. The zero-order valence-electron chi connectivity index (χ0n) is 18.8. The Morgan fingerprint density at radius 1 is 0.811 bits per heavy atom. The highest BCUT2D eigenvalue weighted by Crippen LogP contribution is 2.65. The average molecular weight is 587 g/mol. The van der Waals surface area contributed by atoms with E-state index in [-0.39, 0.29) is 16.6 Å². The highest BCUT2D eigenvalue weighted by Gasteiger charge is 2.67. The first-order valence-corrected chi connectivity index (χ1v) is 12.2. The number of alkyl halides is 2. The van der Waals surface area contributed by atoms with Crippen molar-refractivity contribution in [2.45, 2.75) is 17.2 Å². The summed E-state index contributed by atoms with van der Waals surface area (Å²) in [6.45, 7) is 1.36. The van der Waals surface area contributed by atoms with Gasteiger partial charge in [-0.15, -0.1) is 23.2 Å². The third-order valence-corrected chi connectivity index (χ3v) is 7.15. The second-order valence-electron chi connectivity index (χ2n) is 8.32. The summed E-state index contributed by atoms with van der Waals surface area (Å²) in [5.74, 6) is -4.91. The topological polar surface area (TPSA) is 87.3 Å². The van der Waals surface area contributed by atoms with E-state index in [0.29, 0.717) is 16.9 Å². The molecule has 3 aromatic rings. The fraction of sp³-hybridized carbons (Fsp3) is 0.160.